The molecule has 1 aliphatic carbocycles. The average Bonchev–Trinajstić information content (AvgIpc) is 3.97. The fourth-order valence-electron chi connectivity index (χ4n) is 6.30. The number of fused-ring (bicyclic) bond motifs is 17. The van der Waals surface area contributed by atoms with Gasteiger partial charge in [0.15, 0.2) is 0 Å². The summed E-state index contributed by atoms with van der Waals surface area (Å²) >= 11 is 0. The zero-order valence-electron chi connectivity index (χ0n) is 31.1. The number of carbonyl (C=O) groups is 5. The molecular formula is C40H49FN6O7. The number of methoxy groups -OCH3 is 1. The van der Waals surface area contributed by atoms with Gasteiger partial charge in [-0.25, -0.2) is 4.39 Å². The van der Waals surface area contributed by atoms with Gasteiger partial charge in [0.1, 0.15) is 42.0 Å². The van der Waals surface area contributed by atoms with Crippen molar-refractivity contribution in [2.45, 2.75) is 77.0 Å². The van der Waals surface area contributed by atoms with Gasteiger partial charge in [0.2, 0.25) is 23.6 Å². The van der Waals surface area contributed by atoms with Crippen molar-refractivity contribution in [3.63, 3.8) is 0 Å². The van der Waals surface area contributed by atoms with E-state index in [1.54, 1.807) is 55.5 Å². The van der Waals surface area contributed by atoms with E-state index >= 15 is 0 Å². The molecule has 5 amide bonds. The largest absolute Gasteiger partial charge is 0.497 e. The van der Waals surface area contributed by atoms with Crippen LogP contribution in [0, 0.1) is 17.7 Å². The number of pyridine rings is 1. The zero-order chi connectivity index (χ0) is 38.8. The van der Waals surface area contributed by atoms with Gasteiger partial charge < -0.3 is 35.6 Å². The first-order chi connectivity index (χ1) is 25.9. The SMILES string of the molecule is COc1ccc(C[C@@H]2NC(=O)[C@@H](NC(=O)c3cncc(F)c3)Cc3ccc(cc3)OC[C@H](CC(C)C)NC(=O)CN(CC3CC3)C(=O)[C@@H](C)NC2=O)cc1. The van der Waals surface area contributed by atoms with Crippen LogP contribution in [0.5, 0.6) is 11.5 Å². The molecule has 2 bridgehead atoms. The van der Waals surface area contributed by atoms with Crippen LogP contribution in [0.2, 0.25) is 0 Å². The molecule has 2 aromatic carbocycles. The Morgan fingerprint density at radius 3 is 2.37 bits per heavy atom. The minimum atomic E-state index is -1.21. The van der Waals surface area contributed by atoms with Crippen molar-refractivity contribution in [3.05, 3.63) is 89.5 Å². The molecule has 2 aliphatic heterocycles. The molecule has 6 rings (SSSR count). The Hall–Kier alpha value is -5.53. The molecular weight excluding hydrogens is 695 g/mol. The van der Waals surface area contributed by atoms with E-state index in [4.69, 9.17) is 9.47 Å². The molecule has 3 aliphatic rings. The average molecular weight is 745 g/mol. The van der Waals surface area contributed by atoms with Gasteiger partial charge in [-0.05, 0) is 79.5 Å². The lowest BCUT2D eigenvalue weighted by molar-refractivity contribution is -0.140. The molecule has 14 heteroatoms. The van der Waals surface area contributed by atoms with E-state index in [-0.39, 0.29) is 55.3 Å². The van der Waals surface area contributed by atoms with Gasteiger partial charge in [0, 0.05) is 25.6 Å². The Kier molecular flexibility index (Phi) is 13.6. The van der Waals surface area contributed by atoms with Crippen molar-refractivity contribution in [2.24, 2.45) is 11.8 Å². The molecule has 1 saturated carbocycles. The molecule has 4 N–H and O–H groups in total. The molecule has 13 nitrogen and oxygen atoms in total. The van der Waals surface area contributed by atoms with Gasteiger partial charge in [-0.15, -0.1) is 0 Å². The summed E-state index contributed by atoms with van der Waals surface area (Å²) in [5.41, 5.74) is 1.26. The molecule has 0 spiro atoms. The Bertz CT molecular complexity index is 1780. The Morgan fingerprint density at radius 1 is 1.00 bits per heavy atom. The predicted molar refractivity (Wildman–Crippen MR) is 198 cm³/mol. The number of aromatic nitrogens is 1. The topological polar surface area (TPSA) is 168 Å². The van der Waals surface area contributed by atoms with Crippen molar-refractivity contribution < 1.29 is 37.8 Å². The Balaban J connectivity index is 1.48. The van der Waals surface area contributed by atoms with Gasteiger partial charge >= 0.3 is 0 Å². The van der Waals surface area contributed by atoms with E-state index in [2.05, 4.69) is 26.3 Å². The molecule has 4 atom stereocenters. The molecule has 1 aromatic heterocycles. The highest BCUT2D eigenvalue weighted by atomic mass is 19.1. The van der Waals surface area contributed by atoms with Gasteiger partial charge in [-0.1, -0.05) is 38.1 Å². The number of ether oxygens (including phenoxy) is 2. The van der Waals surface area contributed by atoms with E-state index in [0.717, 1.165) is 25.1 Å². The maximum Gasteiger partial charge on any atom is 0.253 e. The first-order valence-corrected chi connectivity index (χ1v) is 18.3. The molecule has 1 fully saturated rings. The lowest BCUT2D eigenvalue weighted by Gasteiger charge is -2.29. The summed E-state index contributed by atoms with van der Waals surface area (Å²) in [4.78, 5) is 73.9. The molecule has 288 valence electrons. The fraction of sp³-hybridized carbons (Fsp3) is 0.450. The van der Waals surface area contributed by atoms with E-state index in [1.807, 2.05) is 13.8 Å². The van der Waals surface area contributed by atoms with Gasteiger partial charge in [-0.3, -0.25) is 29.0 Å². The smallest absolute Gasteiger partial charge is 0.253 e. The molecule has 54 heavy (non-hydrogen) atoms. The van der Waals surface area contributed by atoms with Crippen LogP contribution in [0.25, 0.3) is 0 Å². The second kappa shape index (κ2) is 18.5. The van der Waals surface area contributed by atoms with Crippen LogP contribution in [0.1, 0.15) is 61.5 Å². The van der Waals surface area contributed by atoms with E-state index in [0.29, 0.717) is 35.6 Å². The van der Waals surface area contributed by atoms with Crippen LogP contribution < -0.4 is 30.7 Å². The lowest BCUT2D eigenvalue weighted by atomic mass is 10.0. The highest BCUT2D eigenvalue weighted by molar-refractivity contribution is 5.99. The van der Waals surface area contributed by atoms with Crippen LogP contribution in [-0.4, -0.2) is 90.4 Å². The summed E-state index contributed by atoms with van der Waals surface area (Å²) in [6, 6.07) is 11.2. The van der Waals surface area contributed by atoms with E-state index < -0.39 is 47.6 Å². The minimum absolute atomic E-state index is 0.00845. The van der Waals surface area contributed by atoms with Gasteiger partial charge in [-0.2, -0.15) is 0 Å². The number of halogens is 1. The van der Waals surface area contributed by atoms with Crippen LogP contribution in [0.3, 0.4) is 0 Å². The van der Waals surface area contributed by atoms with Crippen molar-refractivity contribution in [3.8, 4) is 11.5 Å². The second-order valence-electron chi connectivity index (χ2n) is 14.5. The Morgan fingerprint density at radius 2 is 1.72 bits per heavy atom. The number of carbonyl (C=O) groups excluding carboxylic acids is 5. The monoisotopic (exact) mass is 744 g/mol. The number of amides is 5. The first kappa shape index (κ1) is 39.7. The molecule has 3 heterocycles. The van der Waals surface area contributed by atoms with Crippen molar-refractivity contribution in [1.29, 1.82) is 0 Å². The molecule has 0 unspecified atom stereocenters. The van der Waals surface area contributed by atoms with Crippen LogP contribution in [-0.2, 0) is 32.0 Å². The summed E-state index contributed by atoms with van der Waals surface area (Å²) in [6.45, 7) is 6.01. The molecule has 3 aromatic rings. The normalized spacial score (nSPS) is 21.8. The number of hydrogen-bond donors (Lipinski definition) is 4. The van der Waals surface area contributed by atoms with Crippen molar-refractivity contribution >= 4 is 29.5 Å². The van der Waals surface area contributed by atoms with Gasteiger partial charge in [0.25, 0.3) is 5.91 Å². The highest BCUT2D eigenvalue weighted by Gasteiger charge is 2.34. The third-order valence-electron chi connectivity index (χ3n) is 9.31. The third-order valence-corrected chi connectivity index (χ3v) is 9.31. The highest BCUT2D eigenvalue weighted by Crippen LogP contribution is 2.30. The van der Waals surface area contributed by atoms with Crippen LogP contribution in [0.4, 0.5) is 4.39 Å². The number of nitrogens with one attached hydrogen (secondary N) is 4. The fourth-order valence-corrected chi connectivity index (χ4v) is 6.30. The lowest BCUT2D eigenvalue weighted by Crippen LogP contribution is -2.58. The maximum atomic E-state index is 14.1. The Labute approximate surface area is 314 Å². The summed E-state index contributed by atoms with van der Waals surface area (Å²) in [5, 5.41) is 11.3. The predicted octanol–water partition coefficient (Wildman–Crippen LogP) is 2.96. The number of nitrogens with zero attached hydrogens (tertiary/aromatic N) is 2. The first-order valence-electron chi connectivity index (χ1n) is 18.3. The van der Waals surface area contributed by atoms with Crippen molar-refractivity contribution in [2.75, 3.05) is 26.8 Å². The second-order valence-corrected chi connectivity index (χ2v) is 14.5. The zero-order valence-corrected chi connectivity index (χ0v) is 31.1. The van der Waals surface area contributed by atoms with Crippen LogP contribution >= 0.6 is 0 Å². The summed E-state index contributed by atoms with van der Waals surface area (Å²) in [5.74, 6) is -1.88. The minimum Gasteiger partial charge on any atom is -0.497 e. The molecule has 0 radical (unpaired) electrons. The third kappa shape index (κ3) is 11.7. The van der Waals surface area contributed by atoms with Crippen molar-refractivity contribution in [1.82, 2.24) is 31.2 Å². The van der Waals surface area contributed by atoms with Crippen LogP contribution in [0.15, 0.2) is 67.0 Å². The summed E-state index contributed by atoms with van der Waals surface area (Å²) < 4.78 is 25.3. The summed E-state index contributed by atoms with van der Waals surface area (Å²) in [6.07, 6.45) is 4.72. The number of rotatable bonds is 9. The number of benzene rings is 2. The van der Waals surface area contributed by atoms with E-state index in [1.165, 1.54) is 18.2 Å². The maximum absolute atomic E-state index is 14.1. The quantitative estimate of drug-likeness (QED) is 0.243. The standard InChI is InChI=1S/C40H49FN6O7/c1-24(2)15-31-23-54-33-13-9-27(10-14-33)17-35(45-37(49)29-18-30(41)20-42-19-29)39(51)46-34(16-26-7-11-32(53-4)12-8-26)38(50)43-25(3)40(52)47(21-28-5-6-28)22-36(48)44-31/h7-14,18-20,24-25,28,31,34-35H,5-6,15-17,21-23H2,1-4H3,(H,43,50)(H,44,48)(H,45,49)(H,46,51)/t25-,31+,34+,35+/m1/s1. The number of hydrogen-bond acceptors (Lipinski definition) is 8. The molecule has 0 saturated heterocycles. The summed E-state index contributed by atoms with van der Waals surface area (Å²) in [7, 11) is 1.53. The van der Waals surface area contributed by atoms with Gasteiger partial charge in [0.05, 0.1) is 31.5 Å². The van der Waals surface area contributed by atoms with E-state index in [9.17, 15) is 28.4 Å².